The number of hydrogen-bond donors (Lipinski definition) is 1. The van der Waals surface area contributed by atoms with E-state index in [4.69, 9.17) is 0 Å². The lowest BCUT2D eigenvalue weighted by Gasteiger charge is -2.25. The van der Waals surface area contributed by atoms with Gasteiger partial charge in [0.05, 0.1) is 0 Å². The van der Waals surface area contributed by atoms with Crippen molar-refractivity contribution in [1.82, 2.24) is 5.32 Å². The smallest absolute Gasteiger partial charge is 0.220 e. The lowest BCUT2D eigenvalue weighted by Crippen LogP contribution is -2.23. The first kappa shape index (κ1) is 9.56. The number of rotatable bonds is 4. The van der Waals surface area contributed by atoms with E-state index in [0.29, 0.717) is 5.41 Å². The molecule has 0 aliphatic carbocycles. The van der Waals surface area contributed by atoms with Gasteiger partial charge in [-0.1, -0.05) is 26.7 Å². The first-order valence-electron chi connectivity index (χ1n) is 4.99. The van der Waals surface area contributed by atoms with Crippen molar-refractivity contribution >= 4 is 5.91 Å². The van der Waals surface area contributed by atoms with Gasteiger partial charge in [-0.2, -0.15) is 0 Å². The molecule has 1 aliphatic rings. The van der Waals surface area contributed by atoms with E-state index < -0.39 is 0 Å². The molecule has 1 heterocycles. The topological polar surface area (TPSA) is 29.1 Å². The maximum Gasteiger partial charge on any atom is 0.220 e. The van der Waals surface area contributed by atoms with Crippen molar-refractivity contribution in [2.24, 2.45) is 5.41 Å². The summed E-state index contributed by atoms with van der Waals surface area (Å²) >= 11 is 0. The van der Waals surface area contributed by atoms with Gasteiger partial charge in [-0.25, -0.2) is 0 Å². The Morgan fingerprint density at radius 3 is 2.25 bits per heavy atom. The second-order valence-electron chi connectivity index (χ2n) is 3.95. The Bertz CT molecular complexity index is 159. The molecule has 2 nitrogen and oxygen atoms in total. The van der Waals surface area contributed by atoms with E-state index in [1.807, 2.05) is 0 Å². The molecule has 1 rings (SSSR count). The van der Waals surface area contributed by atoms with Gasteiger partial charge in [0.25, 0.3) is 0 Å². The third-order valence-corrected chi connectivity index (χ3v) is 2.76. The van der Waals surface area contributed by atoms with Gasteiger partial charge in [0.2, 0.25) is 5.91 Å². The molecule has 1 N–H and O–H groups in total. The maximum absolute atomic E-state index is 11.1. The third-order valence-electron chi connectivity index (χ3n) is 2.76. The van der Waals surface area contributed by atoms with Gasteiger partial charge < -0.3 is 5.32 Å². The summed E-state index contributed by atoms with van der Waals surface area (Å²) in [5.41, 5.74) is 0.306. The molecular formula is C10H19NO. The fourth-order valence-electron chi connectivity index (χ4n) is 2.29. The quantitative estimate of drug-likeness (QED) is 0.686. The summed E-state index contributed by atoms with van der Waals surface area (Å²) in [5, 5.41) is 2.94. The third kappa shape index (κ3) is 1.99. The van der Waals surface area contributed by atoms with Gasteiger partial charge in [0.1, 0.15) is 0 Å². The Kier molecular flexibility index (Phi) is 3.12. The molecule has 0 atom stereocenters. The van der Waals surface area contributed by atoms with E-state index in [1.165, 1.54) is 25.7 Å². The predicted molar refractivity (Wildman–Crippen MR) is 49.9 cm³/mol. The van der Waals surface area contributed by atoms with Crippen LogP contribution in [0.4, 0.5) is 0 Å². The number of carbonyl (C=O) groups excluding carboxylic acids is 1. The molecule has 2 heteroatoms. The molecule has 70 valence electrons. The minimum Gasteiger partial charge on any atom is -0.356 e. The molecule has 0 aromatic carbocycles. The molecule has 1 saturated heterocycles. The normalized spacial score (nSPS) is 21.0. The largest absolute Gasteiger partial charge is 0.356 e. The predicted octanol–water partition coefficient (Wildman–Crippen LogP) is 2.09. The zero-order chi connectivity index (χ0) is 9.03. The van der Waals surface area contributed by atoms with Gasteiger partial charge in [0, 0.05) is 13.0 Å². The Morgan fingerprint density at radius 2 is 1.92 bits per heavy atom. The Hall–Kier alpha value is -0.530. The van der Waals surface area contributed by atoms with Crippen molar-refractivity contribution in [2.45, 2.75) is 46.0 Å². The highest BCUT2D eigenvalue weighted by molar-refractivity contribution is 5.79. The monoisotopic (exact) mass is 169 g/mol. The number of hydrogen-bond acceptors (Lipinski definition) is 1. The molecule has 0 radical (unpaired) electrons. The average molecular weight is 169 g/mol. The van der Waals surface area contributed by atoms with Crippen molar-refractivity contribution in [3.05, 3.63) is 0 Å². The molecule has 12 heavy (non-hydrogen) atoms. The van der Waals surface area contributed by atoms with Gasteiger partial charge in [-0.05, 0) is 18.3 Å². The summed E-state index contributed by atoms with van der Waals surface area (Å²) in [7, 11) is 0. The van der Waals surface area contributed by atoms with Gasteiger partial charge in [-0.15, -0.1) is 0 Å². The Balaban J connectivity index is 2.54. The fraction of sp³-hybridized carbons (Fsp3) is 0.900. The van der Waals surface area contributed by atoms with Crippen molar-refractivity contribution in [3.63, 3.8) is 0 Å². The van der Waals surface area contributed by atoms with Crippen LogP contribution in [-0.2, 0) is 4.79 Å². The molecule has 0 aromatic heterocycles. The maximum atomic E-state index is 11.1. The van der Waals surface area contributed by atoms with Crippen molar-refractivity contribution < 1.29 is 4.79 Å². The van der Waals surface area contributed by atoms with Crippen LogP contribution in [0.25, 0.3) is 0 Å². The molecule has 0 spiro atoms. The van der Waals surface area contributed by atoms with Crippen LogP contribution in [0, 0.1) is 5.41 Å². The van der Waals surface area contributed by atoms with Gasteiger partial charge in [-0.3, -0.25) is 4.79 Å². The summed E-state index contributed by atoms with van der Waals surface area (Å²) in [6, 6.07) is 0. The molecule has 0 aromatic rings. The van der Waals surface area contributed by atoms with Gasteiger partial charge in [0.15, 0.2) is 0 Å². The van der Waals surface area contributed by atoms with E-state index in [0.717, 1.165) is 13.0 Å². The van der Waals surface area contributed by atoms with Gasteiger partial charge >= 0.3 is 0 Å². The zero-order valence-electron chi connectivity index (χ0n) is 8.15. The highest BCUT2D eigenvalue weighted by Crippen LogP contribution is 2.36. The van der Waals surface area contributed by atoms with E-state index >= 15 is 0 Å². The van der Waals surface area contributed by atoms with Crippen LogP contribution >= 0.6 is 0 Å². The van der Waals surface area contributed by atoms with Crippen LogP contribution in [0.1, 0.15) is 46.0 Å². The van der Waals surface area contributed by atoms with Crippen molar-refractivity contribution in [1.29, 1.82) is 0 Å². The summed E-state index contributed by atoms with van der Waals surface area (Å²) in [4.78, 5) is 11.1. The van der Waals surface area contributed by atoms with Crippen LogP contribution < -0.4 is 5.32 Å². The van der Waals surface area contributed by atoms with Crippen LogP contribution in [-0.4, -0.2) is 12.5 Å². The van der Waals surface area contributed by atoms with Crippen molar-refractivity contribution in [2.75, 3.05) is 6.54 Å². The second kappa shape index (κ2) is 3.92. The Morgan fingerprint density at radius 1 is 1.33 bits per heavy atom. The number of amides is 1. The first-order chi connectivity index (χ1) is 5.72. The standard InChI is InChI=1S/C10H19NO/c1-3-5-10(6-4-2)7-9(12)11-8-10/h3-8H2,1-2H3,(H,11,12). The molecule has 1 fully saturated rings. The Labute approximate surface area is 74.7 Å². The number of nitrogens with one attached hydrogen (secondary N) is 1. The SMILES string of the molecule is CCCC1(CCC)CNC(=O)C1. The highest BCUT2D eigenvalue weighted by atomic mass is 16.1. The summed E-state index contributed by atoms with van der Waals surface area (Å²) in [6.07, 6.45) is 5.53. The minimum absolute atomic E-state index is 0.247. The average Bonchev–Trinajstić information content (AvgIpc) is 2.34. The van der Waals surface area contributed by atoms with E-state index in [2.05, 4.69) is 19.2 Å². The van der Waals surface area contributed by atoms with Crippen LogP contribution in [0.3, 0.4) is 0 Å². The van der Waals surface area contributed by atoms with Crippen LogP contribution in [0.5, 0.6) is 0 Å². The van der Waals surface area contributed by atoms with Crippen molar-refractivity contribution in [3.8, 4) is 0 Å². The molecule has 0 bridgehead atoms. The zero-order valence-corrected chi connectivity index (χ0v) is 8.15. The molecule has 0 saturated carbocycles. The van der Waals surface area contributed by atoms with E-state index in [1.54, 1.807) is 0 Å². The lowest BCUT2D eigenvalue weighted by atomic mass is 9.78. The number of carbonyl (C=O) groups is 1. The first-order valence-corrected chi connectivity index (χ1v) is 4.99. The van der Waals surface area contributed by atoms with E-state index in [9.17, 15) is 4.79 Å². The summed E-state index contributed by atoms with van der Waals surface area (Å²) in [5.74, 6) is 0.247. The molecule has 1 aliphatic heterocycles. The minimum atomic E-state index is 0.247. The fourth-order valence-corrected chi connectivity index (χ4v) is 2.29. The second-order valence-corrected chi connectivity index (χ2v) is 3.95. The lowest BCUT2D eigenvalue weighted by molar-refractivity contribution is -0.119. The summed E-state index contributed by atoms with van der Waals surface area (Å²) in [6.45, 7) is 5.30. The molecule has 0 unspecified atom stereocenters. The van der Waals surface area contributed by atoms with E-state index in [-0.39, 0.29) is 5.91 Å². The molecular weight excluding hydrogens is 150 g/mol. The highest BCUT2D eigenvalue weighted by Gasteiger charge is 2.36. The van der Waals surface area contributed by atoms with Crippen LogP contribution in [0.15, 0.2) is 0 Å². The summed E-state index contributed by atoms with van der Waals surface area (Å²) < 4.78 is 0. The van der Waals surface area contributed by atoms with Crippen LogP contribution in [0.2, 0.25) is 0 Å². The molecule has 1 amide bonds.